The number of amides is 1. The molecule has 1 aliphatic heterocycles. The van der Waals surface area contributed by atoms with Gasteiger partial charge in [0.2, 0.25) is 5.91 Å². The van der Waals surface area contributed by atoms with Gasteiger partial charge in [-0.3, -0.25) is 9.69 Å². The van der Waals surface area contributed by atoms with Gasteiger partial charge < -0.3 is 15.8 Å². The molecule has 0 bridgehead atoms. The minimum absolute atomic E-state index is 0.0333. The van der Waals surface area contributed by atoms with E-state index >= 15 is 0 Å². The third-order valence-electron chi connectivity index (χ3n) is 3.04. The Morgan fingerprint density at radius 2 is 2.16 bits per heavy atom. The zero-order chi connectivity index (χ0) is 13.7. The number of hydrogen-bond donors (Lipinski definition) is 2. The van der Waals surface area contributed by atoms with Crippen molar-refractivity contribution in [2.75, 3.05) is 43.9 Å². The summed E-state index contributed by atoms with van der Waals surface area (Å²) in [5.41, 5.74) is 5.99. The van der Waals surface area contributed by atoms with Crippen LogP contribution in [0.1, 0.15) is 6.42 Å². The smallest absolute Gasteiger partial charge is 0.225 e. The van der Waals surface area contributed by atoms with Crippen LogP contribution in [0.2, 0.25) is 0 Å². The number of halogens is 1. The second-order valence-electron chi connectivity index (χ2n) is 4.49. The molecule has 19 heavy (non-hydrogen) atoms. The summed E-state index contributed by atoms with van der Waals surface area (Å²) in [4.78, 5) is 13.9. The van der Waals surface area contributed by atoms with Crippen LogP contribution < -0.4 is 11.1 Å². The van der Waals surface area contributed by atoms with Crippen LogP contribution in [0.3, 0.4) is 0 Å². The first kappa shape index (κ1) is 13.8. The number of nitrogens with one attached hydrogen (secondary N) is 1. The van der Waals surface area contributed by atoms with E-state index in [1.54, 1.807) is 0 Å². The Morgan fingerprint density at radius 3 is 2.84 bits per heavy atom. The van der Waals surface area contributed by atoms with Crippen molar-refractivity contribution in [2.45, 2.75) is 6.42 Å². The molecule has 2 rings (SSSR count). The van der Waals surface area contributed by atoms with Gasteiger partial charge in [-0.2, -0.15) is 0 Å². The average molecular weight is 267 g/mol. The molecule has 1 aliphatic rings. The van der Waals surface area contributed by atoms with Gasteiger partial charge in [0.1, 0.15) is 5.82 Å². The lowest BCUT2D eigenvalue weighted by molar-refractivity contribution is -0.116. The molecule has 1 amide bonds. The molecule has 104 valence electrons. The Kier molecular flexibility index (Phi) is 4.70. The highest BCUT2D eigenvalue weighted by Gasteiger charge is 2.12. The molecule has 1 saturated heterocycles. The molecule has 0 unspecified atom stereocenters. The Labute approximate surface area is 111 Å². The van der Waals surface area contributed by atoms with Crippen molar-refractivity contribution >= 4 is 17.3 Å². The van der Waals surface area contributed by atoms with Gasteiger partial charge in [-0.05, 0) is 18.2 Å². The topological polar surface area (TPSA) is 67.6 Å². The largest absolute Gasteiger partial charge is 0.396 e. The lowest BCUT2D eigenvalue weighted by atomic mass is 10.2. The molecule has 3 N–H and O–H groups in total. The first-order valence-electron chi connectivity index (χ1n) is 6.30. The summed E-state index contributed by atoms with van der Waals surface area (Å²) >= 11 is 0. The first-order valence-corrected chi connectivity index (χ1v) is 6.30. The van der Waals surface area contributed by atoms with Crippen molar-refractivity contribution in [3.8, 4) is 0 Å². The Bertz CT molecular complexity index is 448. The van der Waals surface area contributed by atoms with Crippen molar-refractivity contribution < 1.29 is 13.9 Å². The van der Waals surface area contributed by atoms with Crippen LogP contribution in [0.5, 0.6) is 0 Å². The van der Waals surface area contributed by atoms with Crippen LogP contribution in [0.4, 0.5) is 15.8 Å². The highest BCUT2D eigenvalue weighted by Crippen LogP contribution is 2.16. The third kappa shape index (κ3) is 4.18. The maximum absolute atomic E-state index is 13.0. The molecule has 0 aromatic heterocycles. The molecule has 0 radical (unpaired) electrons. The van der Waals surface area contributed by atoms with Gasteiger partial charge in [0.05, 0.1) is 18.9 Å². The fraction of sp³-hybridized carbons (Fsp3) is 0.462. The summed E-state index contributed by atoms with van der Waals surface area (Å²) in [6.45, 7) is 3.85. The standard InChI is InChI=1S/C13H18FN3O2/c14-11-2-1-10(9-12(11)15)16-13(18)3-4-17-5-7-19-8-6-17/h1-2,9H,3-8,15H2,(H,16,18). The minimum atomic E-state index is -0.480. The van der Waals surface area contributed by atoms with E-state index in [4.69, 9.17) is 10.5 Å². The first-order chi connectivity index (χ1) is 9.15. The fourth-order valence-electron chi connectivity index (χ4n) is 1.93. The summed E-state index contributed by atoms with van der Waals surface area (Å²) in [5, 5.41) is 2.71. The number of carbonyl (C=O) groups is 1. The van der Waals surface area contributed by atoms with Gasteiger partial charge >= 0.3 is 0 Å². The monoisotopic (exact) mass is 267 g/mol. The molecule has 5 nitrogen and oxygen atoms in total. The van der Waals surface area contributed by atoms with Crippen molar-refractivity contribution in [3.63, 3.8) is 0 Å². The second-order valence-corrected chi connectivity index (χ2v) is 4.49. The Hall–Kier alpha value is -1.66. The van der Waals surface area contributed by atoms with E-state index in [-0.39, 0.29) is 11.6 Å². The summed E-state index contributed by atoms with van der Waals surface area (Å²) in [6, 6.07) is 4.16. The maximum atomic E-state index is 13.0. The van der Waals surface area contributed by atoms with Gasteiger partial charge in [-0.1, -0.05) is 0 Å². The molecule has 6 heteroatoms. The lowest BCUT2D eigenvalue weighted by Gasteiger charge is -2.26. The quantitative estimate of drug-likeness (QED) is 0.801. The van der Waals surface area contributed by atoms with Crippen molar-refractivity contribution in [1.82, 2.24) is 4.90 Å². The number of hydrogen-bond acceptors (Lipinski definition) is 4. The van der Waals surface area contributed by atoms with Crippen molar-refractivity contribution in [3.05, 3.63) is 24.0 Å². The molecule has 1 aromatic carbocycles. The fourth-order valence-corrected chi connectivity index (χ4v) is 1.93. The number of benzene rings is 1. The number of nitrogens with two attached hydrogens (primary N) is 1. The number of rotatable bonds is 4. The molecular weight excluding hydrogens is 249 g/mol. The van der Waals surface area contributed by atoms with Gasteiger partial charge in [-0.15, -0.1) is 0 Å². The van der Waals surface area contributed by atoms with E-state index in [0.29, 0.717) is 18.7 Å². The zero-order valence-electron chi connectivity index (χ0n) is 10.7. The predicted molar refractivity (Wildman–Crippen MR) is 71.3 cm³/mol. The molecule has 1 aromatic rings. The number of morpholine rings is 1. The van der Waals surface area contributed by atoms with Crippen LogP contribution >= 0.6 is 0 Å². The molecule has 1 heterocycles. The van der Waals surface area contributed by atoms with E-state index < -0.39 is 5.82 Å². The van der Waals surface area contributed by atoms with Crippen LogP contribution in [0.15, 0.2) is 18.2 Å². The number of carbonyl (C=O) groups excluding carboxylic acids is 1. The molecule has 0 spiro atoms. The van der Waals surface area contributed by atoms with Gasteiger partial charge in [0, 0.05) is 31.7 Å². The van der Waals surface area contributed by atoms with Crippen molar-refractivity contribution in [1.29, 1.82) is 0 Å². The minimum Gasteiger partial charge on any atom is -0.396 e. The number of nitrogens with zero attached hydrogens (tertiary/aromatic N) is 1. The van der Waals surface area contributed by atoms with E-state index in [9.17, 15) is 9.18 Å². The van der Waals surface area contributed by atoms with Crippen LogP contribution in [0.25, 0.3) is 0 Å². The SMILES string of the molecule is Nc1cc(NC(=O)CCN2CCOCC2)ccc1F. The molecular formula is C13H18FN3O2. The van der Waals surface area contributed by atoms with Crippen molar-refractivity contribution in [2.24, 2.45) is 0 Å². The lowest BCUT2D eigenvalue weighted by Crippen LogP contribution is -2.38. The molecule has 1 fully saturated rings. The third-order valence-corrected chi connectivity index (χ3v) is 3.04. The highest BCUT2D eigenvalue weighted by atomic mass is 19.1. The summed E-state index contributed by atoms with van der Waals surface area (Å²) in [6.07, 6.45) is 0.400. The normalized spacial score (nSPS) is 16.3. The predicted octanol–water partition coefficient (Wildman–Crippen LogP) is 1.07. The number of ether oxygens (including phenoxy) is 1. The zero-order valence-corrected chi connectivity index (χ0v) is 10.7. The van der Waals surface area contributed by atoms with Gasteiger partial charge in [0.25, 0.3) is 0 Å². The van der Waals surface area contributed by atoms with E-state index in [1.165, 1.54) is 18.2 Å². The summed E-state index contributed by atoms with van der Waals surface area (Å²) in [7, 11) is 0. The maximum Gasteiger partial charge on any atom is 0.225 e. The van der Waals surface area contributed by atoms with Crippen LogP contribution in [0, 0.1) is 5.82 Å². The molecule has 0 aliphatic carbocycles. The average Bonchev–Trinajstić information content (AvgIpc) is 2.42. The summed E-state index contributed by atoms with van der Waals surface area (Å²) < 4.78 is 18.2. The number of anilines is 2. The molecule has 0 saturated carbocycles. The van der Waals surface area contributed by atoms with Crippen LogP contribution in [-0.2, 0) is 9.53 Å². The Morgan fingerprint density at radius 1 is 1.42 bits per heavy atom. The van der Waals surface area contributed by atoms with Gasteiger partial charge in [0.15, 0.2) is 0 Å². The van der Waals surface area contributed by atoms with Gasteiger partial charge in [-0.25, -0.2) is 4.39 Å². The van der Waals surface area contributed by atoms with Crippen LogP contribution in [-0.4, -0.2) is 43.7 Å². The van der Waals surface area contributed by atoms with E-state index in [0.717, 1.165) is 26.3 Å². The summed E-state index contributed by atoms with van der Waals surface area (Å²) in [5.74, 6) is -0.580. The van der Waals surface area contributed by atoms with E-state index in [2.05, 4.69) is 10.2 Å². The second kappa shape index (κ2) is 6.49. The highest BCUT2D eigenvalue weighted by molar-refractivity contribution is 5.91. The Balaban J connectivity index is 1.78. The molecule has 0 atom stereocenters. The van der Waals surface area contributed by atoms with E-state index in [1.807, 2.05) is 0 Å². The number of nitrogen functional groups attached to an aromatic ring is 1.